The smallest absolute Gasteiger partial charge is 0.251 e. The van der Waals surface area contributed by atoms with Crippen molar-refractivity contribution in [2.24, 2.45) is 5.92 Å². The summed E-state index contributed by atoms with van der Waals surface area (Å²) in [6.45, 7) is 6.29. The van der Waals surface area contributed by atoms with Crippen LogP contribution in [0.2, 0.25) is 5.02 Å². The van der Waals surface area contributed by atoms with E-state index in [-0.39, 0.29) is 5.91 Å². The highest BCUT2D eigenvalue weighted by Gasteiger charge is 2.25. The van der Waals surface area contributed by atoms with E-state index in [0.29, 0.717) is 47.2 Å². The fraction of sp³-hybridized carbons (Fsp3) is 0.632. The van der Waals surface area contributed by atoms with Crippen LogP contribution in [0.3, 0.4) is 0 Å². The molecule has 0 aromatic heterocycles. The van der Waals surface area contributed by atoms with Crippen LogP contribution in [0.25, 0.3) is 0 Å². The maximum atomic E-state index is 12.4. The van der Waals surface area contributed by atoms with Crippen molar-refractivity contribution in [3.05, 3.63) is 22.7 Å². The lowest BCUT2D eigenvalue weighted by Gasteiger charge is -2.17. The summed E-state index contributed by atoms with van der Waals surface area (Å²) in [5, 5.41) is 3.32. The third-order valence-electron chi connectivity index (χ3n) is 4.35. The fourth-order valence-electron chi connectivity index (χ4n) is 2.53. The zero-order valence-electron chi connectivity index (χ0n) is 15.6. The summed E-state index contributed by atoms with van der Waals surface area (Å²) >= 11 is 6.31. The molecule has 25 heavy (non-hydrogen) atoms. The fourth-order valence-corrected chi connectivity index (χ4v) is 2.80. The molecule has 1 N–H and O–H groups in total. The number of hydrogen-bond acceptors (Lipinski definition) is 4. The number of nitrogens with one attached hydrogen (secondary N) is 1. The van der Waals surface area contributed by atoms with Gasteiger partial charge in [-0.1, -0.05) is 25.4 Å². The van der Waals surface area contributed by atoms with E-state index in [9.17, 15) is 4.79 Å². The third kappa shape index (κ3) is 6.08. The molecule has 5 nitrogen and oxygen atoms in total. The van der Waals surface area contributed by atoms with Gasteiger partial charge < -0.3 is 19.7 Å². The Labute approximate surface area is 155 Å². The molecule has 0 heterocycles. The Bertz CT molecular complexity index is 588. The lowest BCUT2D eigenvalue weighted by atomic mass is 10.1. The number of nitrogens with zero attached hydrogens (tertiary/aromatic N) is 1. The molecule has 2 rings (SSSR count). The first-order valence-electron chi connectivity index (χ1n) is 8.91. The number of amides is 1. The molecule has 0 saturated heterocycles. The van der Waals surface area contributed by atoms with E-state index in [2.05, 4.69) is 31.1 Å². The zero-order chi connectivity index (χ0) is 18.4. The lowest BCUT2D eigenvalue weighted by molar-refractivity contribution is 0.0949. The quantitative estimate of drug-likeness (QED) is 0.685. The second-order valence-corrected chi connectivity index (χ2v) is 7.40. The van der Waals surface area contributed by atoms with Crippen molar-refractivity contribution in [1.82, 2.24) is 10.2 Å². The van der Waals surface area contributed by atoms with Crippen molar-refractivity contribution >= 4 is 17.5 Å². The first-order valence-corrected chi connectivity index (χ1v) is 9.29. The van der Waals surface area contributed by atoms with Crippen molar-refractivity contribution in [2.45, 2.75) is 39.2 Å². The van der Waals surface area contributed by atoms with Gasteiger partial charge in [-0.15, -0.1) is 0 Å². The predicted octanol–water partition coefficient (Wildman–Crippen LogP) is 3.60. The molecular formula is C19H29ClN2O3. The molecule has 0 radical (unpaired) electrons. The van der Waals surface area contributed by atoms with Crippen LogP contribution in [0.4, 0.5) is 0 Å². The number of likely N-dealkylation sites (N-methyl/N-ethyl adjacent to an activating group) is 1. The summed E-state index contributed by atoms with van der Waals surface area (Å²) in [6.07, 6.45) is 3.45. The van der Waals surface area contributed by atoms with Crippen molar-refractivity contribution in [1.29, 1.82) is 0 Å². The van der Waals surface area contributed by atoms with Gasteiger partial charge in [-0.2, -0.15) is 0 Å². The van der Waals surface area contributed by atoms with E-state index in [1.807, 2.05) is 0 Å². The van der Waals surface area contributed by atoms with Crippen molar-refractivity contribution < 1.29 is 14.3 Å². The maximum absolute atomic E-state index is 12.4. The van der Waals surface area contributed by atoms with Gasteiger partial charge in [0, 0.05) is 24.7 Å². The number of hydrogen-bond donors (Lipinski definition) is 1. The van der Waals surface area contributed by atoms with Crippen LogP contribution in [-0.2, 0) is 0 Å². The molecule has 0 aliphatic heterocycles. The predicted molar refractivity (Wildman–Crippen MR) is 101 cm³/mol. The Hall–Kier alpha value is -1.46. The van der Waals surface area contributed by atoms with Crippen LogP contribution in [-0.4, -0.2) is 50.7 Å². The minimum absolute atomic E-state index is 0.155. The van der Waals surface area contributed by atoms with E-state index in [0.717, 1.165) is 13.0 Å². The Kier molecular flexibility index (Phi) is 7.38. The van der Waals surface area contributed by atoms with E-state index in [1.165, 1.54) is 12.8 Å². The highest BCUT2D eigenvalue weighted by atomic mass is 35.5. The first kappa shape index (κ1) is 19.9. The topological polar surface area (TPSA) is 50.8 Å². The minimum Gasteiger partial charge on any atom is -0.493 e. The first-order chi connectivity index (χ1) is 11.9. The van der Waals surface area contributed by atoms with E-state index in [4.69, 9.17) is 21.1 Å². The van der Waals surface area contributed by atoms with Crippen molar-refractivity contribution in [3.63, 3.8) is 0 Å². The molecule has 6 heteroatoms. The standard InChI is InChI=1S/C19H29ClN2O3/c1-13(2)7-10-25-18-16(20)11-14(12-17(18)24-4)19(23)21-8-9-22(3)15-5-6-15/h11-13,15H,5-10H2,1-4H3,(H,21,23). The second-order valence-electron chi connectivity index (χ2n) is 6.99. The summed E-state index contributed by atoms with van der Waals surface area (Å²) in [4.78, 5) is 14.6. The average Bonchev–Trinajstić information content (AvgIpc) is 3.40. The van der Waals surface area contributed by atoms with Crippen molar-refractivity contribution in [2.75, 3.05) is 33.9 Å². The summed E-state index contributed by atoms with van der Waals surface area (Å²) in [5.41, 5.74) is 0.479. The van der Waals surface area contributed by atoms with Crippen LogP contribution in [0.15, 0.2) is 12.1 Å². The van der Waals surface area contributed by atoms with Gasteiger partial charge in [-0.25, -0.2) is 0 Å². The number of rotatable bonds is 10. The summed E-state index contributed by atoms with van der Waals surface area (Å²) < 4.78 is 11.1. The molecule has 0 bridgehead atoms. The summed E-state index contributed by atoms with van der Waals surface area (Å²) in [6, 6.07) is 4.00. The van der Waals surface area contributed by atoms with Crippen LogP contribution >= 0.6 is 11.6 Å². The lowest BCUT2D eigenvalue weighted by Crippen LogP contribution is -2.34. The summed E-state index contributed by atoms with van der Waals surface area (Å²) in [7, 11) is 3.64. The Morgan fingerprint density at radius 3 is 2.72 bits per heavy atom. The number of carbonyl (C=O) groups excluding carboxylic acids is 1. The molecule has 1 amide bonds. The van der Waals surface area contributed by atoms with Gasteiger partial charge in [0.15, 0.2) is 11.5 Å². The third-order valence-corrected chi connectivity index (χ3v) is 4.63. The van der Waals surface area contributed by atoms with Crippen LogP contribution in [0, 0.1) is 5.92 Å². The van der Waals surface area contributed by atoms with Crippen LogP contribution < -0.4 is 14.8 Å². The molecule has 1 aromatic carbocycles. The van der Waals surface area contributed by atoms with Crippen LogP contribution in [0.1, 0.15) is 43.5 Å². The Morgan fingerprint density at radius 2 is 2.12 bits per heavy atom. The largest absolute Gasteiger partial charge is 0.493 e. The summed E-state index contributed by atoms with van der Waals surface area (Å²) in [5.74, 6) is 1.37. The zero-order valence-corrected chi connectivity index (χ0v) is 16.4. The van der Waals surface area contributed by atoms with Gasteiger partial charge in [0.05, 0.1) is 18.7 Å². The van der Waals surface area contributed by atoms with E-state index >= 15 is 0 Å². The van der Waals surface area contributed by atoms with Crippen molar-refractivity contribution in [3.8, 4) is 11.5 Å². The Balaban J connectivity index is 1.95. The number of benzene rings is 1. The number of halogens is 1. The van der Waals surface area contributed by atoms with Gasteiger partial charge in [0.25, 0.3) is 5.91 Å². The van der Waals surface area contributed by atoms with Crippen LogP contribution in [0.5, 0.6) is 11.5 Å². The van der Waals surface area contributed by atoms with E-state index in [1.54, 1.807) is 19.2 Å². The maximum Gasteiger partial charge on any atom is 0.251 e. The minimum atomic E-state index is -0.155. The molecule has 0 spiro atoms. The highest BCUT2D eigenvalue weighted by molar-refractivity contribution is 6.32. The molecule has 1 aliphatic rings. The van der Waals surface area contributed by atoms with Gasteiger partial charge in [-0.3, -0.25) is 4.79 Å². The van der Waals surface area contributed by atoms with Gasteiger partial charge >= 0.3 is 0 Å². The number of methoxy groups -OCH3 is 1. The second kappa shape index (κ2) is 9.30. The highest BCUT2D eigenvalue weighted by Crippen LogP contribution is 2.36. The average molecular weight is 369 g/mol. The SMILES string of the molecule is COc1cc(C(=O)NCCN(C)C2CC2)cc(Cl)c1OCCC(C)C. The molecular weight excluding hydrogens is 340 g/mol. The molecule has 140 valence electrons. The van der Waals surface area contributed by atoms with Gasteiger partial charge in [0.2, 0.25) is 0 Å². The van der Waals surface area contributed by atoms with E-state index < -0.39 is 0 Å². The molecule has 1 saturated carbocycles. The normalized spacial score (nSPS) is 14.0. The molecule has 1 aliphatic carbocycles. The van der Waals surface area contributed by atoms with Gasteiger partial charge in [-0.05, 0) is 44.4 Å². The molecule has 1 aromatic rings. The number of carbonyl (C=O) groups is 1. The number of ether oxygens (including phenoxy) is 2. The Morgan fingerprint density at radius 1 is 1.40 bits per heavy atom. The molecule has 1 fully saturated rings. The monoisotopic (exact) mass is 368 g/mol. The molecule has 0 unspecified atom stereocenters. The van der Waals surface area contributed by atoms with Gasteiger partial charge in [0.1, 0.15) is 0 Å². The molecule has 0 atom stereocenters.